The van der Waals surface area contributed by atoms with Crippen LogP contribution in [0.3, 0.4) is 0 Å². The summed E-state index contributed by atoms with van der Waals surface area (Å²) in [5.41, 5.74) is 1.07. The highest BCUT2D eigenvalue weighted by molar-refractivity contribution is 7.13. The molecule has 1 aromatic rings. The first-order chi connectivity index (χ1) is 11.2. The lowest BCUT2D eigenvalue weighted by Gasteiger charge is -2.26. The van der Waals surface area contributed by atoms with Gasteiger partial charge in [-0.2, -0.15) is 0 Å². The van der Waals surface area contributed by atoms with Crippen molar-refractivity contribution in [3.63, 3.8) is 0 Å². The van der Waals surface area contributed by atoms with E-state index in [0.29, 0.717) is 6.10 Å². The summed E-state index contributed by atoms with van der Waals surface area (Å²) in [5.74, 6) is 0. The van der Waals surface area contributed by atoms with Crippen LogP contribution in [-0.2, 0) is 4.74 Å². The molecule has 2 amide bonds. The number of carbonyl (C=O) groups excluding carboxylic acids is 1. The van der Waals surface area contributed by atoms with E-state index in [0.717, 1.165) is 62.7 Å². The molecule has 3 unspecified atom stereocenters. The van der Waals surface area contributed by atoms with Crippen LogP contribution in [-0.4, -0.2) is 60.3 Å². The molecule has 23 heavy (non-hydrogen) atoms. The van der Waals surface area contributed by atoms with Gasteiger partial charge in [0.1, 0.15) is 0 Å². The number of anilines is 1. The van der Waals surface area contributed by atoms with E-state index in [4.69, 9.17) is 4.74 Å². The van der Waals surface area contributed by atoms with Crippen molar-refractivity contribution in [2.75, 3.05) is 31.1 Å². The van der Waals surface area contributed by atoms with Gasteiger partial charge in [-0.15, -0.1) is 11.3 Å². The fourth-order valence-electron chi connectivity index (χ4n) is 3.84. The van der Waals surface area contributed by atoms with Crippen LogP contribution in [0.2, 0.25) is 0 Å². The molecule has 0 aliphatic carbocycles. The summed E-state index contributed by atoms with van der Waals surface area (Å²) in [4.78, 5) is 21.4. The van der Waals surface area contributed by atoms with Crippen molar-refractivity contribution >= 4 is 22.5 Å². The summed E-state index contributed by atoms with van der Waals surface area (Å²) in [5, 5.41) is 6.36. The third-order valence-corrected chi connectivity index (χ3v) is 6.09. The van der Waals surface area contributed by atoms with E-state index in [-0.39, 0.29) is 18.2 Å². The lowest BCUT2D eigenvalue weighted by Crippen LogP contribution is -2.49. The van der Waals surface area contributed by atoms with E-state index in [2.05, 4.69) is 20.6 Å². The molecule has 3 saturated heterocycles. The molecule has 3 atom stereocenters. The first kappa shape index (κ1) is 15.2. The molecule has 0 spiro atoms. The molecule has 0 aromatic carbocycles. The van der Waals surface area contributed by atoms with Gasteiger partial charge in [-0.05, 0) is 32.6 Å². The molecule has 0 radical (unpaired) electrons. The van der Waals surface area contributed by atoms with Crippen molar-refractivity contribution < 1.29 is 9.53 Å². The summed E-state index contributed by atoms with van der Waals surface area (Å²) in [6, 6.07) is 0.283. The first-order valence-electron chi connectivity index (χ1n) is 8.57. The van der Waals surface area contributed by atoms with Gasteiger partial charge < -0.3 is 19.9 Å². The Balaban J connectivity index is 1.32. The van der Waals surface area contributed by atoms with Crippen LogP contribution >= 0.6 is 11.3 Å². The largest absolute Gasteiger partial charge is 0.373 e. The summed E-state index contributed by atoms with van der Waals surface area (Å²) in [6.07, 6.45) is 4.83. The van der Waals surface area contributed by atoms with E-state index in [1.54, 1.807) is 11.3 Å². The maximum Gasteiger partial charge on any atom is 0.317 e. The lowest BCUT2D eigenvalue weighted by molar-refractivity contribution is 0.0970. The number of ether oxygens (including phenoxy) is 1. The molecular weight excluding hydrogens is 312 g/mol. The van der Waals surface area contributed by atoms with Crippen LogP contribution in [0.4, 0.5) is 9.93 Å². The number of nitrogens with zero attached hydrogens (tertiary/aromatic N) is 3. The highest BCUT2D eigenvalue weighted by Gasteiger charge is 2.41. The summed E-state index contributed by atoms with van der Waals surface area (Å²) >= 11 is 1.69. The van der Waals surface area contributed by atoms with E-state index >= 15 is 0 Å². The average molecular weight is 336 g/mol. The number of hydrogen-bond acceptors (Lipinski definition) is 5. The van der Waals surface area contributed by atoms with Crippen molar-refractivity contribution in [3.8, 4) is 0 Å². The minimum Gasteiger partial charge on any atom is -0.373 e. The zero-order valence-corrected chi connectivity index (χ0v) is 14.3. The van der Waals surface area contributed by atoms with E-state index in [9.17, 15) is 4.79 Å². The summed E-state index contributed by atoms with van der Waals surface area (Å²) in [7, 11) is 0. The maximum absolute atomic E-state index is 12.6. The van der Waals surface area contributed by atoms with Crippen LogP contribution in [0.1, 0.15) is 31.4 Å². The van der Waals surface area contributed by atoms with Gasteiger partial charge in [0.15, 0.2) is 5.13 Å². The molecule has 3 aliphatic heterocycles. The monoisotopic (exact) mass is 336 g/mol. The van der Waals surface area contributed by atoms with Crippen LogP contribution < -0.4 is 10.2 Å². The second-order valence-corrected chi connectivity index (χ2v) is 7.60. The van der Waals surface area contributed by atoms with Crippen molar-refractivity contribution in [1.82, 2.24) is 15.2 Å². The van der Waals surface area contributed by atoms with Gasteiger partial charge in [0.2, 0.25) is 0 Å². The van der Waals surface area contributed by atoms with Crippen LogP contribution in [0.25, 0.3) is 0 Å². The molecule has 6 nitrogen and oxygen atoms in total. The number of aryl methyl sites for hydroxylation is 1. The van der Waals surface area contributed by atoms with Crippen LogP contribution in [0, 0.1) is 6.92 Å². The number of aromatic nitrogens is 1. The molecule has 3 fully saturated rings. The van der Waals surface area contributed by atoms with E-state index < -0.39 is 0 Å². The van der Waals surface area contributed by atoms with Gasteiger partial charge in [-0.3, -0.25) is 0 Å². The van der Waals surface area contributed by atoms with Gasteiger partial charge in [-0.1, -0.05) is 0 Å². The lowest BCUT2D eigenvalue weighted by atomic mass is 9.96. The molecule has 4 rings (SSSR count). The number of amides is 2. The fourth-order valence-corrected chi connectivity index (χ4v) is 4.70. The first-order valence-corrected chi connectivity index (χ1v) is 9.45. The van der Waals surface area contributed by atoms with Gasteiger partial charge in [0.25, 0.3) is 0 Å². The predicted molar refractivity (Wildman–Crippen MR) is 90.1 cm³/mol. The minimum atomic E-state index is 0.0725. The quantitative estimate of drug-likeness (QED) is 0.897. The highest BCUT2D eigenvalue weighted by atomic mass is 32.1. The number of nitrogens with one attached hydrogen (secondary N) is 1. The van der Waals surface area contributed by atoms with Crippen molar-refractivity contribution in [2.24, 2.45) is 0 Å². The standard InChI is InChI=1S/C16H24N4O2S/c1-11-10-23-16(17-11)20-6-2-5-19(7-8-20)15(21)18-13-9-12-3-4-14(13)22-12/h10,12-14H,2-9H2,1H3,(H,18,21). The molecule has 1 aromatic heterocycles. The minimum absolute atomic E-state index is 0.0725. The second kappa shape index (κ2) is 6.28. The number of hydrogen-bond donors (Lipinski definition) is 1. The Bertz CT molecular complexity index is 578. The Morgan fingerprint density at radius 3 is 2.96 bits per heavy atom. The number of urea groups is 1. The number of fused-ring (bicyclic) bond motifs is 2. The third kappa shape index (κ3) is 3.17. The molecule has 4 heterocycles. The van der Waals surface area contributed by atoms with Crippen molar-refractivity contribution in [1.29, 1.82) is 0 Å². The highest BCUT2D eigenvalue weighted by Crippen LogP contribution is 2.34. The maximum atomic E-state index is 12.6. The van der Waals surface area contributed by atoms with E-state index in [1.807, 2.05) is 11.8 Å². The smallest absolute Gasteiger partial charge is 0.317 e. The van der Waals surface area contributed by atoms with Crippen molar-refractivity contribution in [3.05, 3.63) is 11.1 Å². The Morgan fingerprint density at radius 2 is 2.26 bits per heavy atom. The molecule has 126 valence electrons. The Hall–Kier alpha value is -1.34. The molecule has 3 aliphatic rings. The molecule has 7 heteroatoms. The number of thiazole rings is 1. The van der Waals surface area contributed by atoms with Gasteiger partial charge in [0.05, 0.1) is 23.9 Å². The molecule has 0 saturated carbocycles. The third-order valence-electron chi connectivity index (χ3n) is 5.08. The Morgan fingerprint density at radius 1 is 1.35 bits per heavy atom. The van der Waals surface area contributed by atoms with Gasteiger partial charge in [0, 0.05) is 31.6 Å². The van der Waals surface area contributed by atoms with Gasteiger partial charge >= 0.3 is 6.03 Å². The van der Waals surface area contributed by atoms with Gasteiger partial charge in [-0.25, -0.2) is 9.78 Å². The number of rotatable bonds is 2. The van der Waals surface area contributed by atoms with E-state index in [1.165, 1.54) is 0 Å². The SMILES string of the molecule is Cc1csc(N2CCCN(C(=O)NC3CC4CCC3O4)CC2)n1. The topological polar surface area (TPSA) is 57.7 Å². The van der Waals surface area contributed by atoms with Crippen molar-refractivity contribution in [2.45, 2.75) is 50.9 Å². The molecular formula is C16H24N4O2S. The number of carbonyl (C=O) groups is 1. The average Bonchev–Trinajstić information content (AvgIpc) is 3.21. The normalized spacial score (nSPS) is 30.6. The Kier molecular flexibility index (Phi) is 4.15. The summed E-state index contributed by atoms with van der Waals surface area (Å²) in [6.45, 7) is 5.41. The predicted octanol–water partition coefficient (Wildman–Crippen LogP) is 1.99. The van der Waals surface area contributed by atoms with Crippen LogP contribution in [0.5, 0.6) is 0 Å². The second-order valence-electron chi connectivity index (χ2n) is 6.76. The summed E-state index contributed by atoms with van der Waals surface area (Å²) < 4.78 is 5.83. The molecule has 2 bridgehead atoms. The Labute approximate surface area is 140 Å². The molecule has 1 N–H and O–H groups in total. The fraction of sp³-hybridized carbons (Fsp3) is 0.750. The zero-order valence-electron chi connectivity index (χ0n) is 13.5. The zero-order chi connectivity index (χ0) is 15.8. The van der Waals surface area contributed by atoms with Crippen LogP contribution in [0.15, 0.2) is 5.38 Å².